The van der Waals surface area contributed by atoms with E-state index in [0.717, 1.165) is 11.3 Å². The largest absolute Gasteiger partial charge is 0.461 e. The van der Waals surface area contributed by atoms with E-state index in [0.29, 0.717) is 21.0 Å². The molecule has 0 fully saturated rings. The Kier molecular flexibility index (Phi) is 6.67. The Morgan fingerprint density at radius 3 is 2.57 bits per heavy atom. The topological polar surface area (TPSA) is 78.2 Å². The molecule has 2 heterocycles. The third-order valence-corrected chi connectivity index (χ3v) is 5.67. The van der Waals surface area contributed by atoms with E-state index in [-0.39, 0.29) is 17.9 Å². The molecule has 0 saturated carbocycles. The molecular weight excluding hydrogens is 472 g/mol. The summed E-state index contributed by atoms with van der Waals surface area (Å²) in [5, 5.41) is 4.04. The van der Waals surface area contributed by atoms with E-state index in [2.05, 4.69) is 26.2 Å². The maximum Gasteiger partial charge on any atom is 0.358 e. The van der Waals surface area contributed by atoms with Crippen molar-refractivity contribution in [2.75, 3.05) is 11.9 Å². The Morgan fingerprint density at radius 2 is 1.97 bits per heavy atom. The maximum absolute atomic E-state index is 12.6. The van der Waals surface area contributed by atoms with Crippen LogP contribution in [0.4, 0.5) is 5.69 Å². The molecule has 1 atom stereocenters. The highest BCUT2D eigenvalue weighted by atomic mass is 79.9. The van der Waals surface area contributed by atoms with Crippen LogP contribution in [0.5, 0.6) is 0 Å². The zero-order valence-corrected chi connectivity index (χ0v) is 19.4. The third-order valence-electron chi connectivity index (χ3n) is 4.70. The smallest absolute Gasteiger partial charge is 0.358 e. The van der Waals surface area contributed by atoms with Gasteiger partial charge in [-0.3, -0.25) is 4.79 Å². The van der Waals surface area contributed by atoms with Crippen LogP contribution in [-0.2, 0) is 18.8 Å². The first kappa shape index (κ1) is 22.1. The zero-order valence-electron chi connectivity index (χ0n) is 17.1. The number of hydrogen-bond donors (Lipinski definition) is 1. The quantitative estimate of drug-likeness (QED) is 0.520. The number of rotatable bonds is 6. The zero-order chi connectivity index (χ0) is 22.0. The van der Waals surface area contributed by atoms with Gasteiger partial charge in [0.2, 0.25) is 0 Å². The number of carbonyl (C=O) groups is 1. The summed E-state index contributed by atoms with van der Waals surface area (Å²) in [6.45, 7) is 3.75. The number of aryl methyl sites for hydroxylation is 2. The van der Waals surface area contributed by atoms with Crippen LogP contribution >= 0.6 is 27.5 Å². The number of hydrogen-bond acceptors (Lipinski definition) is 5. The lowest BCUT2D eigenvalue weighted by atomic mass is 10.0. The normalized spacial score (nSPS) is 11.9. The number of nitrogens with one attached hydrogen (secondary N) is 1. The number of aromatic nitrogens is 3. The molecule has 1 unspecified atom stereocenters. The second kappa shape index (κ2) is 9.06. The van der Waals surface area contributed by atoms with Crippen molar-refractivity contribution in [2.45, 2.75) is 19.9 Å². The van der Waals surface area contributed by atoms with Gasteiger partial charge in [0.05, 0.1) is 24.0 Å². The summed E-state index contributed by atoms with van der Waals surface area (Å²) in [7, 11) is 3.51. The highest BCUT2D eigenvalue weighted by Gasteiger charge is 2.29. The molecule has 0 aliphatic rings. The number of benzene rings is 1. The predicted octanol–water partition coefficient (Wildman–Crippen LogP) is 4.22. The Bertz CT molecular complexity index is 1110. The summed E-state index contributed by atoms with van der Waals surface area (Å²) in [5.74, 6) is -0.508. The summed E-state index contributed by atoms with van der Waals surface area (Å²) in [6.07, 6.45) is 1.72. The van der Waals surface area contributed by atoms with Crippen LogP contribution in [0.3, 0.4) is 0 Å². The molecule has 0 saturated heterocycles. The summed E-state index contributed by atoms with van der Waals surface area (Å²) in [6, 6.07) is 8.65. The van der Waals surface area contributed by atoms with E-state index >= 15 is 0 Å². The minimum Gasteiger partial charge on any atom is -0.461 e. The van der Waals surface area contributed by atoms with Crippen LogP contribution < -0.4 is 10.9 Å². The van der Waals surface area contributed by atoms with Gasteiger partial charge < -0.3 is 19.2 Å². The molecule has 30 heavy (non-hydrogen) atoms. The van der Waals surface area contributed by atoms with Gasteiger partial charge in [-0.25, -0.2) is 9.78 Å². The second-order valence-electron chi connectivity index (χ2n) is 6.85. The summed E-state index contributed by atoms with van der Waals surface area (Å²) in [5.41, 5.74) is 2.95. The fourth-order valence-corrected chi connectivity index (χ4v) is 3.75. The van der Waals surface area contributed by atoms with Crippen molar-refractivity contribution in [3.8, 4) is 0 Å². The fourth-order valence-electron chi connectivity index (χ4n) is 3.25. The number of pyridine rings is 1. The van der Waals surface area contributed by atoms with Crippen LogP contribution in [0.2, 0.25) is 5.02 Å². The molecule has 1 N–H and O–H groups in total. The van der Waals surface area contributed by atoms with Gasteiger partial charge in [-0.2, -0.15) is 0 Å². The first-order valence-electron chi connectivity index (χ1n) is 9.31. The van der Waals surface area contributed by atoms with Crippen LogP contribution in [0.15, 0.2) is 46.1 Å². The molecule has 0 spiro atoms. The molecule has 2 aromatic heterocycles. The van der Waals surface area contributed by atoms with Crippen molar-refractivity contribution in [1.29, 1.82) is 0 Å². The molecule has 0 aliphatic carbocycles. The minimum atomic E-state index is -0.508. The van der Waals surface area contributed by atoms with Gasteiger partial charge in [0.1, 0.15) is 0 Å². The molecule has 3 aromatic rings. The molecule has 1 aromatic carbocycles. The van der Waals surface area contributed by atoms with E-state index in [9.17, 15) is 9.59 Å². The van der Waals surface area contributed by atoms with Gasteiger partial charge in [0, 0.05) is 30.9 Å². The van der Waals surface area contributed by atoms with E-state index in [1.54, 1.807) is 49.9 Å². The van der Waals surface area contributed by atoms with Crippen molar-refractivity contribution < 1.29 is 9.53 Å². The summed E-state index contributed by atoms with van der Waals surface area (Å²) >= 11 is 9.49. The second-order valence-corrected chi connectivity index (χ2v) is 8.00. The summed E-state index contributed by atoms with van der Waals surface area (Å²) in [4.78, 5) is 29.1. The first-order chi connectivity index (χ1) is 14.2. The highest BCUT2D eigenvalue weighted by Crippen LogP contribution is 2.32. The maximum atomic E-state index is 12.6. The van der Waals surface area contributed by atoms with Crippen molar-refractivity contribution in [2.24, 2.45) is 14.1 Å². The van der Waals surface area contributed by atoms with E-state index < -0.39 is 12.0 Å². The molecule has 158 valence electrons. The first-order valence-corrected chi connectivity index (χ1v) is 10.5. The monoisotopic (exact) mass is 492 g/mol. The number of halogens is 2. The summed E-state index contributed by atoms with van der Waals surface area (Å²) < 4.78 is 9.02. The average Bonchev–Trinajstić information content (AvgIpc) is 3.00. The molecule has 3 rings (SSSR count). The minimum absolute atomic E-state index is 0.0703. The number of nitrogens with zero attached hydrogens (tertiary/aromatic N) is 3. The van der Waals surface area contributed by atoms with Crippen molar-refractivity contribution in [3.63, 3.8) is 0 Å². The van der Waals surface area contributed by atoms with Crippen LogP contribution in [-0.4, -0.2) is 26.7 Å². The number of carbonyl (C=O) groups excluding carboxylic acids is 1. The van der Waals surface area contributed by atoms with Gasteiger partial charge in [0.15, 0.2) is 10.4 Å². The fraction of sp³-hybridized carbons (Fsp3) is 0.286. The standard InChI is InChI=1S/C21H22BrClN4O3/c1-5-30-20(29)17-18(27(4)21(22)25-17)16(13-6-8-14(23)9-7-13)24-15-10-12(2)19(28)26(3)11-15/h6-11,16,24H,5H2,1-4H3. The number of imidazole rings is 1. The lowest BCUT2D eigenvalue weighted by Gasteiger charge is -2.23. The molecule has 7 nitrogen and oxygen atoms in total. The van der Waals surface area contributed by atoms with E-state index in [1.165, 1.54) is 4.57 Å². The Morgan fingerprint density at radius 1 is 1.30 bits per heavy atom. The number of esters is 1. The average molecular weight is 494 g/mol. The number of ether oxygens (including phenoxy) is 1. The van der Waals surface area contributed by atoms with Crippen molar-refractivity contribution in [1.82, 2.24) is 14.1 Å². The molecule has 9 heteroatoms. The molecule has 0 bridgehead atoms. The van der Waals surface area contributed by atoms with Gasteiger partial charge in [-0.15, -0.1) is 0 Å². The number of anilines is 1. The van der Waals surface area contributed by atoms with E-state index in [1.807, 2.05) is 19.2 Å². The van der Waals surface area contributed by atoms with Gasteiger partial charge >= 0.3 is 5.97 Å². The van der Waals surface area contributed by atoms with Crippen LogP contribution in [0.1, 0.15) is 40.3 Å². The Labute approximate surface area is 187 Å². The highest BCUT2D eigenvalue weighted by molar-refractivity contribution is 9.10. The lowest BCUT2D eigenvalue weighted by molar-refractivity contribution is 0.0518. The van der Waals surface area contributed by atoms with Crippen molar-refractivity contribution >= 4 is 39.2 Å². The van der Waals surface area contributed by atoms with Gasteiger partial charge in [0.25, 0.3) is 5.56 Å². The van der Waals surface area contributed by atoms with Gasteiger partial charge in [-0.05, 0) is 53.5 Å². The van der Waals surface area contributed by atoms with E-state index in [4.69, 9.17) is 16.3 Å². The lowest BCUT2D eigenvalue weighted by Crippen LogP contribution is -2.23. The SMILES string of the molecule is CCOC(=O)c1nc(Br)n(C)c1C(Nc1cc(C)c(=O)n(C)c1)c1ccc(Cl)cc1. The molecular formula is C21H22BrClN4O3. The Hall–Kier alpha value is -2.58. The van der Waals surface area contributed by atoms with Crippen LogP contribution in [0, 0.1) is 6.92 Å². The van der Waals surface area contributed by atoms with Gasteiger partial charge in [-0.1, -0.05) is 23.7 Å². The Balaban J connectivity index is 2.18. The predicted molar refractivity (Wildman–Crippen MR) is 120 cm³/mol. The third kappa shape index (κ3) is 4.44. The van der Waals surface area contributed by atoms with Crippen molar-refractivity contribution in [3.05, 3.63) is 79.2 Å². The molecule has 0 aliphatic heterocycles. The molecule has 0 amide bonds. The van der Waals surface area contributed by atoms with Crippen LogP contribution in [0.25, 0.3) is 0 Å². The molecule has 0 radical (unpaired) electrons.